The molecule has 0 unspecified atom stereocenters. The molecular formula is C19H19NO6. The van der Waals surface area contributed by atoms with E-state index in [0.29, 0.717) is 11.3 Å². The van der Waals surface area contributed by atoms with E-state index in [2.05, 4.69) is 4.74 Å². The third kappa shape index (κ3) is 4.18. The van der Waals surface area contributed by atoms with Crippen LogP contribution in [0, 0.1) is 0 Å². The second-order valence-electron chi connectivity index (χ2n) is 5.24. The van der Waals surface area contributed by atoms with Gasteiger partial charge < -0.3 is 19.1 Å². The van der Waals surface area contributed by atoms with Gasteiger partial charge in [-0.15, -0.1) is 0 Å². The van der Waals surface area contributed by atoms with E-state index in [1.807, 2.05) is 0 Å². The van der Waals surface area contributed by atoms with Crippen LogP contribution in [0.3, 0.4) is 0 Å². The Balaban J connectivity index is 2.55. The number of allylic oxidation sites excluding steroid dienone is 2. The molecule has 0 radical (unpaired) electrons. The molecule has 136 valence electrons. The maximum atomic E-state index is 12.4. The number of methoxy groups -OCH3 is 3. The molecule has 1 aromatic rings. The molecule has 0 saturated carbocycles. The Bertz CT molecular complexity index is 806. The quantitative estimate of drug-likeness (QED) is 0.588. The van der Waals surface area contributed by atoms with Crippen molar-refractivity contribution < 1.29 is 28.6 Å². The molecule has 1 aliphatic rings. The van der Waals surface area contributed by atoms with Gasteiger partial charge in [0.15, 0.2) is 0 Å². The van der Waals surface area contributed by atoms with Crippen LogP contribution in [0.5, 0.6) is 0 Å². The zero-order valence-corrected chi connectivity index (χ0v) is 14.7. The Labute approximate surface area is 151 Å². The van der Waals surface area contributed by atoms with Gasteiger partial charge in [0, 0.05) is 11.9 Å². The van der Waals surface area contributed by atoms with Crippen molar-refractivity contribution in [3.05, 3.63) is 65.5 Å². The van der Waals surface area contributed by atoms with Crippen molar-refractivity contribution in [3.8, 4) is 0 Å². The zero-order chi connectivity index (χ0) is 19.1. The summed E-state index contributed by atoms with van der Waals surface area (Å²) in [5.41, 5.74) is 1.35. The van der Waals surface area contributed by atoms with Gasteiger partial charge in [0.25, 0.3) is 0 Å². The molecule has 7 nitrogen and oxygen atoms in total. The first-order chi connectivity index (χ1) is 12.5. The van der Waals surface area contributed by atoms with Gasteiger partial charge in [-0.3, -0.25) is 4.79 Å². The van der Waals surface area contributed by atoms with E-state index < -0.39 is 11.9 Å². The fourth-order valence-corrected chi connectivity index (χ4v) is 2.42. The van der Waals surface area contributed by atoms with Crippen LogP contribution in [-0.4, -0.2) is 39.2 Å². The molecule has 1 aromatic carbocycles. The fourth-order valence-electron chi connectivity index (χ4n) is 2.42. The number of esters is 3. The first kappa shape index (κ1) is 19.0. The van der Waals surface area contributed by atoms with E-state index in [9.17, 15) is 14.4 Å². The summed E-state index contributed by atoms with van der Waals surface area (Å²) in [4.78, 5) is 37.5. The maximum absolute atomic E-state index is 12.4. The largest absolute Gasteiger partial charge is 0.469 e. The first-order valence-electron chi connectivity index (χ1n) is 7.72. The van der Waals surface area contributed by atoms with Crippen molar-refractivity contribution in [3.63, 3.8) is 0 Å². The van der Waals surface area contributed by atoms with Gasteiger partial charge in [-0.2, -0.15) is 0 Å². The van der Waals surface area contributed by atoms with Crippen LogP contribution in [0.2, 0.25) is 0 Å². The molecule has 0 aromatic heterocycles. The van der Waals surface area contributed by atoms with Crippen LogP contribution in [0.25, 0.3) is 0 Å². The van der Waals surface area contributed by atoms with Crippen LogP contribution in [0.15, 0.2) is 60.0 Å². The maximum Gasteiger partial charge on any atom is 0.355 e. The predicted octanol–water partition coefficient (Wildman–Crippen LogP) is 1.89. The lowest BCUT2D eigenvalue weighted by Crippen LogP contribution is -2.27. The minimum absolute atomic E-state index is 0.0135. The molecule has 0 spiro atoms. The number of carbonyl (C=O) groups excluding carboxylic acids is 3. The van der Waals surface area contributed by atoms with Gasteiger partial charge in [-0.25, -0.2) is 9.59 Å². The average molecular weight is 357 g/mol. The van der Waals surface area contributed by atoms with E-state index in [-0.39, 0.29) is 23.7 Å². The summed E-state index contributed by atoms with van der Waals surface area (Å²) in [5, 5.41) is 0. The highest BCUT2D eigenvalue weighted by Gasteiger charge is 2.27. The smallest absolute Gasteiger partial charge is 0.355 e. The van der Waals surface area contributed by atoms with Crippen molar-refractivity contribution in [1.82, 2.24) is 0 Å². The van der Waals surface area contributed by atoms with Crippen molar-refractivity contribution in [2.75, 3.05) is 26.2 Å². The van der Waals surface area contributed by atoms with Gasteiger partial charge in [-0.1, -0.05) is 18.2 Å². The Morgan fingerprint density at radius 3 is 2.35 bits per heavy atom. The number of hydrogen-bond donors (Lipinski definition) is 0. The van der Waals surface area contributed by atoms with E-state index in [1.54, 1.807) is 42.6 Å². The third-order valence-corrected chi connectivity index (χ3v) is 3.65. The number of nitrogens with zero attached hydrogens (tertiary/aromatic N) is 1. The monoisotopic (exact) mass is 357 g/mol. The van der Waals surface area contributed by atoms with E-state index in [0.717, 1.165) is 0 Å². The van der Waals surface area contributed by atoms with Crippen molar-refractivity contribution in [2.24, 2.45) is 0 Å². The topological polar surface area (TPSA) is 82.1 Å². The van der Waals surface area contributed by atoms with Crippen LogP contribution in [0.1, 0.15) is 5.56 Å². The Morgan fingerprint density at radius 2 is 1.69 bits per heavy atom. The summed E-state index contributed by atoms with van der Waals surface area (Å²) in [6, 6.07) is 6.98. The number of anilines is 1. The highest BCUT2D eigenvalue weighted by atomic mass is 16.5. The normalized spacial score (nSPS) is 13.3. The van der Waals surface area contributed by atoms with Crippen molar-refractivity contribution >= 4 is 23.6 Å². The Kier molecular flexibility index (Phi) is 6.32. The van der Waals surface area contributed by atoms with Gasteiger partial charge >= 0.3 is 17.9 Å². The van der Waals surface area contributed by atoms with E-state index >= 15 is 0 Å². The number of benzene rings is 1. The molecule has 26 heavy (non-hydrogen) atoms. The molecule has 0 N–H and O–H groups in total. The molecule has 0 aliphatic carbocycles. The summed E-state index contributed by atoms with van der Waals surface area (Å²) in [6.45, 7) is 0. The molecule has 0 atom stereocenters. The van der Waals surface area contributed by atoms with Crippen LogP contribution < -0.4 is 4.90 Å². The third-order valence-electron chi connectivity index (χ3n) is 3.65. The molecule has 1 aliphatic heterocycles. The second kappa shape index (κ2) is 8.66. The summed E-state index contributed by atoms with van der Waals surface area (Å²) in [5.74, 6) is -1.74. The lowest BCUT2D eigenvalue weighted by molar-refractivity contribution is -0.140. The van der Waals surface area contributed by atoms with Gasteiger partial charge in [0.2, 0.25) is 0 Å². The molecule has 2 rings (SSSR count). The second-order valence-corrected chi connectivity index (χ2v) is 5.24. The molecule has 0 bridgehead atoms. The van der Waals surface area contributed by atoms with Crippen LogP contribution >= 0.6 is 0 Å². The summed E-state index contributed by atoms with van der Waals surface area (Å²) >= 11 is 0. The zero-order valence-electron chi connectivity index (χ0n) is 14.7. The van der Waals surface area contributed by atoms with Gasteiger partial charge in [0.1, 0.15) is 5.70 Å². The molecule has 0 fully saturated rings. The fraction of sp³-hybridized carbons (Fsp3) is 0.211. The molecule has 0 amide bonds. The molecule has 0 saturated heterocycles. The summed E-state index contributed by atoms with van der Waals surface area (Å²) in [6.07, 6.45) is 6.48. The minimum atomic E-state index is -0.694. The van der Waals surface area contributed by atoms with Gasteiger partial charge in [0.05, 0.1) is 33.3 Å². The molecule has 1 heterocycles. The molecular weight excluding hydrogens is 338 g/mol. The van der Waals surface area contributed by atoms with Crippen molar-refractivity contribution in [1.29, 1.82) is 0 Å². The number of hydrogen-bond acceptors (Lipinski definition) is 7. The highest BCUT2D eigenvalue weighted by molar-refractivity contribution is 6.05. The Hall–Kier alpha value is -3.35. The first-order valence-corrected chi connectivity index (χ1v) is 7.72. The minimum Gasteiger partial charge on any atom is -0.469 e. The average Bonchev–Trinajstić information content (AvgIpc) is 2.89. The van der Waals surface area contributed by atoms with E-state index in [1.165, 1.54) is 32.3 Å². The SMILES string of the molecule is COC(=O)Cc1cccc(N2C=CC=CC(C(=O)OC)=C2C(=O)OC)c1. The van der Waals surface area contributed by atoms with Crippen LogP contribution in [-0.2, 0) is 35.0 Å². The van der Waals surface area contributed by atoms with Gasteiger partial charge in [-0.05, 0) is 29.8 Å². The summed E-state index contributed by atoms with van der Waals surface area (Å²) < 4.78 is 14.3. The lowest BCUT2D eigenvalue weighted by Gasteiger charge is -2.23. The van der Waals surface area contributed by atoms with Crippen molar-refractivity contribution in [2.45, 2.75) is 6.42 Å². The Morgan fingerprint density at radius 1 is 0.962 bits per heavy atom. The predicted molar refractivity (Wildman–Crippen MR) is 94.0 cm³/mol. The summed E-state index contributed by atoms with van der Waals surface area (Å²) in [7, 11) is 3.78. The highest BCUT2D eigenvalue weighted by Crippen LogP contribution is 2.27. The number of carbonyl (C=O) groups is 3. The number of rotatable bonds is 5. The van der Waals surface area contributed by atoms with Crippen LogP contribution in [0.4, 0.5) is 5.69 Å². The van der Waals surface area contributed by atoms with E-state index in [4.69, 9.17) is 9.47 Å². The lowest BCUT2D eigenvalue weighted by atomic mass is 10.1. The molecule has 7 heteroatoms. The standard InChI is InChI=1S/C19H19NO6/c1-24-16(21)12-13-7-6-8-14(11-13)20-10-5-4-9-15(18(22)25-2)17(20)19(23)26-3/h4-11H,12H2,1-3H3. The number of ether oxygens (including phenoxy) is 3.